The fourth-order valence-electron chi connectivity index (χ4n) is 4.14. The Bertz CT molecular complexity index is 944. The zero-order chi connectivity index (χ0) is 21.3. The lowest BCUT2D eigenvalue weighted by Gasteiger charge is -2.34. The Balaban J connectivity index is 1.94. The quantitative estimate of drug-likeness (QED) is 0.786. The second-order valence-electron chi connectivity index (χ2n) is 7.52. The van der Waals surface area contributed by atoms with Crippen molar-refractivity contribution in [3.63, 3.8) is 0 Å². The van der Waals surface area contributed by atoms with E-state index in [0.29, 0.717) is 44.0 Å². The van der Waals surface area contributed by atoms with Gasteiger partial charge in [-0.25, -0.2) is 8.78 Å². The van der Waals surface area contributed by atoms with Gasteiger partial charge in [-0.2, -0.15) is 0 Å². The van der Waals surface area contributed by atoms with E-state index in [2.05, 4.69) is 0 Å². The molecular formula is C22H27F2N3O2. The summed E-state index contributed by atoms with van der Waals surface area (Å²) in [4.78, 5) is 28.4. The second kappa shape index (κ2) is 8.35. The minimum Gasteiger partial charge on any atom is -0.339 e. The van der Waals surface area contributed by atoms with Gasteiger partial charge in [0.05, 0.1) is 0 Å². The van der Waals surface area contributed by atoms with E-state index in [-0.39, 0.29) is 11.8 Å². The maximum atomic E-state index is 13.7. The number of benzene rings is 1. The molecule has 3 rings (SSSR count). The highest BCUT2D eigenvalue weighted by molar-refractivity contribution is 5.95. The first-order valence-electron chi connectivity index (χ1n) is 9.91. The summed E-state index contributed by atoms with van der Waals surface area (Å²) in [6.45, 7) is 9.75. The standard InChI is InChI=1S/C22H27F2N3O2/c1-5-18-14(2)21(22(29)26-10-8-25(9-11-26)16(4)28)27(15(18)3)13-17-6-7-19(23)20(24)12-17/h6-7,12H,5,8-11,13H2,1-4H3. The molecule has 2 heterocycles. The molecule has 0 spiro atoms. The van der Waals surface area contributed by atoms with Crippen LogP contribution in [0.25, 0.3) is 0 Å². The normalized spacial score (nSPS) is 14.4. The molecule has 0 radical (unpaired) electrons. The van der Waals surface area contributed by atoms with Gasteiger partial charge < -0.3 is 14.4 Å². The van der Waals surface area contributed by atoms with Crippen LogP contribution in [0.2, 0.25) is 0 Å². The fourth-order valence-corrected chi connectivity index (χ4v) is 4.14. The van der Waals surface area contributed by atoms with E-state index >= 15 is 0 Å². The van der Waals surface area contributed by atoms with Crippen LogP contribution >= 0.6 is 0 Å². The van der Waals surface area contributed by atoms with Crippen LogP contribution in [0.4, 0.5) is 8.78 Å². The topological polar surface area (TPSA) is 45.6 Å². The number of rotatable bonds is 4. The minimum absolute atomic E-state index is 0.0131. The van der Waals surface area contributed by atoms with Gasteiger partial charge in [0.1, 0.15) is 5.69 Å². The van der Waals surface area contributed by atoms with Crippen molar-refractivity contribution in [3.8, 4) is 0 Å². The van der Waals surface area contributed by atoms with E-state index in [1.807, 2.05) is 25.3 Å². The zero-order valence-electron chi connectivity index (χ0n) is 17.4. The predicted molar refractivity (Wildman–Crippen MR) is 107 cm³/mol. The van der Waals surface area contributed by atoms with Crippen molar-refractivity contribution in [1.29, 1.82) is 0 Å². The summed E-state index contributed by atoms with van der Waals surface area (Å²) in [5.74, 6) is -1.86. The molecular weight excluding hydrogens is 376 g/mol. The monoisotopic (exact) mass is 403 g/mol. The van der Waals surface area contributed by atoms with E-state index in [9.17, 15) is 18.4 Å². The molecule has 0 bridgehead atoms. The van der Waals surface area contributed by atoms with Gasteiger partial charge in [0.25, 0.3) is 5.91 Å². The Kier molecular flexibility index (Phi) is 6.05. The summed E-state index contributed by atoms with van der Waals surface area (Å²) in [7, 11) is 0. The molecule has 29 heavy (non-hydrogen) atoms. The molecule has 7 heteroatoms. The largest absolute Gasteiger partial charge is 0.339 e. The molecule has 5 nitrogen and oxygen atoms in total. The number of aromatic nitrogens is 1. The van der Waals surface area contributed by atoms with Crippen molar-refractivity contribution >= 4 is 11.8 Å². The van der Waals surface area contributed by atoms with Gasteiger partial charge in [0.15, 0.2) is 11.6 Å². The van der Waals surface area contributed by atoms with Gasteiger partial charge in [-0.05, 0) is 49.1 Å². The van der Waals surface area contributed by atoms with Gasteiger partial charge in [-0.1, -0.05) is 13.0 Å². The first-order valence-corrected chi connectivity index (χ1v) is 9.91. The molecule has 0 atom stereocenters. The van der Waals surface area contributed by atoms with Crippen LogP contribution < -0.4 is 0 Å². The molecule has 0 saturated carbocycles. The average molecular weight is 403 g/mol. The van der Waals surface area contributed by atoms with Crippen LogP contribution in [0, 0.1) is 25.5 Å². The van der Waals surface area contributed by atoms with Crippen LogP contribution in [-0.4, -0.2) is 52.4 Å². The minimum atomic E-state index is -0.895. The number of hydrogen-bond donors (Lipinski definition) is 0. The third kappa shape index (κ3) is 4.04. The highest BCUT2D eigenvalue weighted by Crippen LogP contribution is 2.26. The first kappa shape index (κ1) is 21.0. The maximum Gasteiger partial charge on any atom is 0.270 e. The Morgan fingerprint density at radius 1 is 1.00 bits per heavy atom. The van der Waals surface area contributed by atoms with Crippen LogP contribution in [0.1, 0.15) is 46.7 Å². The van der Waals surface area contributed by atoms with E-state index in [4.69, 9.17) is 0 Å². The van der Waals surface area contributed by atoms with E-state index in [1.165, 1.54) is 13.0 Å². The smallest absolute Gasteiger partial charge is 0.270 e. The van der Waals surface area contributed by atoms with Crippen molar-refractivity contribution in [3.05, 3.63) is 57.9 Å². The Hall–Kier alpha value is -2.70. The molecule has 156 valence electrons. The van der Waals surface area contributed by atoms with Crippen LogP contribution in [0.3, 0.4) is 0 Å². The summed E-state index contributed by atoms with van der Waals surface area (Å²) < 4.78 is 28.9. The number of nitrogens with zero attached hydrogens (tertiary/aromatic N) is 3. The number of hydrogen-bond acceptors (Lipinski definition) is 2. The lowest BCUT2D eigenvalue weighted by Crippen LogP contribution is -2.50. The molecule has 1 aromatic heterocycles. The number of amides is 2. The molecule has 0 unspecified atom stereocenters. The van der Waals surface area contributed by atoms with Gasteiger partial charge >= 0.3 is 0 Å². The summed E-state index contributed by atoms with van der Waals surface area (Å²) in [6.07, 6.45) is 0.779. The molecule has 2 aromatic rings. The van der Waals surface area contributed by atoms with Crippen molar-refractivity contribution < 1.29 is 18.4 Å². The van der Waals surface area contributed by atoms with Gasteiger partial charge in [0.2, 0.25) is 5.91 Å². The van der Waals surface area contributed by atoms with Crippen molar-refractivity contribution in [2.75, 3.05) is 26.2 Å². The lowest BCUT2D eigenvalue weighted by molar-refractivity contribution is -0.130. The molecule has 1 aromatic carbocycles. The van der Waals surface area contributed by atoms with Crippen molar-refractivity contribution in [1.82, 2.24) is 14.4 Å². The van der Waals surface area contributed by atoms with Gasteiger partial charge in [-0.15, -0.1) is 0 Å². The van der Waals surface area contributed by atoms with Crippen molar-refractivity contribution in [2.24, 2.45) is 0 Å². The fraction of sp³-hybridized carbons (Fsp3) is 0.455. The van der Waals surface area contributed by atoms with Crippen LogP contribution in [0.5, 0.6) is 0 Å². The van der Waals surface area contributed by atoms with Crippen LogP contribution in [0.15, 0.2) is 18.2 Å². The van der Waals surface area contributed by atoms with Crippen LogP contribution in [-0.2, 0) is 17.8 Å². The highest BCUT2D eigenvalue weighted by Gasteiger charge is 2.29. The summed E-state index contributed by atoms with van der Waals surface area (Å²) in [5, 5.41) is 0. The number of carbonyl (C=O) groups is 2. The van der Waals surface area contributed by atoms with E-state index in [0.717, 1.165) is 29.3 Å². The third-order valence-corrected chi connectivity index (χ3v) is 5.81. The second-order valence-corrected chi connectivity index (χ2v) is 7.52. The Labute approximate surface area is 169 Å². The first-order chi connectivity index (χ1) is 13.7. The Morgan fingerprint density at radius 3 is 2.17 bits per heavy atom. The predicted octanol–water partition coefficient (Wildman–Crippen LogP) is 3.30. The Morgan fingerprint density at radius 2 is 1.62 bits per heavy atom. The van der Waals surface area contributed by atoms with Crippen molar-refractivity contribution in [2.45, 2.75) is 40.7 Å². The molecule has 0 aliphatic carbocycles. The van der Waals surface area contributed by atoms with E-state index < -0.39 is 11.6 Å². The maximum absolute atomic E-state index is 13.7. The lowest BCUT2D eigenvalue weighted by atomic mass is 10.1. The number of carbonyl (C=O) groups excluding carboxylic acids is 2. The zero-order valence-corrected chi connectivity index (χ0v) is 17.4. The SMILES string of the molecule is CCc1c(C)c(C(=O)N2CCN(C(C)=O)CC2)n(Cc2ccc(F)c(F)c2)c1C. The molecule has 2 amide bonds. The summed E-state index contributed by atoms with van der Waals surface area (Å²) >= 11 is 0. The molecule has 1 aliphatic rings. The molecule has 1 aliphatic heterocycles. The van der Waals surface area contributed by atoms with Gasteiger partial charge in [0, 0.05) is 45.3 Å². The number of halogens is 2. The third-order valence-electron chi connectivity index (χ3n) is 5.81. The molecule has 0 N–H and O–H groups in total. The summed E-state index contributed by atoms with van der Waals surface area (Å²) in [5.41, 5.74) is 4.16. The number of piperazine rings is 1. The van der Waals surface area contributed by atoms with Gasteiger partial charge in [-0.3, -0.25) is 9.59 Å². The molecule has 1 saturated heterocycles. The average Bonchev–Trinajstić information content (AvgIpc) is 2.93. The summed E-state index contributed by atoms with van der Waals surface area (Å²) in [6, 6.07) is 3.83. The van der Waals surface area contributed by atoms with E-state index in [1.54, 1.807) is 15.9 Å². The highest BCUT2D eigenvalue weighted by atomic mass is 19.2. The molecule has 1 fully saturated rings.